The van der Waals surface area contributed by atoms with Gasteiger partial charge in [-0.05, 0) is 65.3 Å². The minimum absolute atomic E-state index is 0.124. The standard InChI is InChI=1S/C22H25FIN3O4/c1-5-31-18-11-14(10-17(24)20(18)30-4)12-25-27-22(29)19(13(2)3)26-21(28)15-8-6-7-9-16(15)23/h6-13,19H,5H2,1-4H3,(H,26,28)(H,27,29). The van der Waals surface area contributed by atoms with Crippen LogP contribution < -0.4 is 20.2 Å². The van der Waals surface area contributed by atoms with Crippen LogP contribution in [0.15, 0.2) is 41.5 Å². The number of halogens is 2. The Morgan fingerprint density at radius 3 is 2.58 bits per heavy atom. The van der Waals surface area contributed by atoms with Gasteiger partial charge in [-0.15, -0.1) is 0 Å². The van der Waals surface area contributed by atoms with Crippen LogP contribution >= 0.6 is 22.6 Å². The summed E-state index contributed by atoms with van der Waals surface area (Å²) in [5.74, 6) is -0.870. The Morgan fingerprint density at radius 2 is 1.97 bits per heavy atom. The Hall–Kier alpha value is -2.69. The maximum Gasteiger partial charge on any atom is 0.262 e. The highest BCUT2D eigenvalue weighted by atomic mass is 127. The number of carbonyl (C=O) groups excluding carboxylic acids is 2. The van der Waals surface area contributed by atoms with Gasteiger partial charge in [0.1, 0.15) is 11.9 Å². The molecule has 2 aromatic carbocycles. The predicted molar refractivity (Wildman–Crippen MR) is 125 cm³/mol. The summed E-state index contributed by atoms with van der Waals surface area (Å²) in [7, 11) is 1.57. The average Bonchev–Trinajstić information content (AvgIpc) is 2.72. The average molecular weight is 541 g/mol. The Balaban J connectivity index is 2.10. The van der Waals surface area contributed by atoms with Crippen LogP contribution in [0, 0.1) is 15.3 Å². The number of nitrogens with one attached hydrogen (secondary N) is 2. The molecule has 0 saturated carbocycles. The molecule has 0 aromatic heterocycles. The third kappa shape index (κ3) is 6.65. The lowest BCUT2D eigenvalue weighted by atomic mass is 10.0. The van der Waals surface area contributed by atoms with E-state index in [1.807, 2.05) is 13.0 Å². The lowest BCUT2D eigenvalue weighted by Crippen LogP contribution is -2.48. The first-order valence-corrected chi connectivity index (χ1v) is 10.7. The zero-order valence-corrected chi connectivity index (χ0v) is 19.9. The number of amides is 2. The molecule has 0 aliphatic carbocycles. The zero-order valence-electron chi connectivity index (χ0n) is 17.7. The van der Waals surface area contributed by atoms with Crippen molar-refractivity contribution in [3.8, 4) is 11.5 Å². The van der Waals surface area contributed by atoms with E-state index < -0.39 is 23.7 Å². The second-order valence-electron chi connectivity index (χ2n) is 6.88. The Morgan fingerprint density at radius 1 is 1.26 bits per heavy atom. The fourth-order valence-electron chi connectivity index (χ4n) is 2.76. The van der Waals surface area contributed by atoms with Crippen LogP contribution in [0.2, 0.25) is 0 Å². The molecular weight excluding hydrogens is 516 g/mol. The number of hydrazone groups is 1. The van der Waals surface area contributed by atoms with Gasteiger partial charge in [0.15, 0.2) is 11.5 Å². The van der Waals surface area contributed by atoms with Crippen LogP contribution in [0.1, 0.15) is 36.7 Å². The first kappa shape index (κ1) is 24.6. The van der Waals surface area contributed by atoms with Crippen LogP contribution in [0.4, 0.5) is 4.39 Å². The molecule has 1 atom stereocenters. The van der Waals surface area contributed by atoms with Crippen molar-refractivity contribution in [2.75, 3.05) is 13.7 Å². The number of hydrogen-bond acceptors (Lipinski definition) is 5. The second kappa shape index (κ2) is 11.6. The maximum atomic E-state index is 13.9. The lowest BCUT2D eigenvalue weighted by molar-refractivity contribution is -0.123. The summed E-state index contributed by atoms with van der Waals surface area (Å²) in [5, 5.41) is 6.56. The largest absolute Gasteiger partial charge is 0.492 e. The SMILES string of the molecule is CCOc1cc(C=NNC(=O)C(NC(=O)c2ccccc2F)C(C)C)cc(I)c1OC. The molecule has 2 aromatic rings. The molecule has 0 heterocycles. The highest BCUT2D eigenvalue weighted by Crippen LogP contribution is 2.33. The van der Waals surface area contributed by atoms with Crippen LogP contribution in [0.5, 0.6) is 11.5 Å². The summed E-state index contributed by atoms with van der Waals surface area (Å²) in [6.45, 7) is 5.89. The van der Waals surface area contributed by atoms with E-state index in [1.54, 1.807) is 33.1 Å². The molecule has 0 aliphatic rings. The van der Waals surface area contributed by atoms with Gasteiger partial charge in [-0.2, -0.15) is 5.10 Å². The Labute approximate surface area is 194 Å². The number of benzene rings is 2. The minimum atomic E-state index is -0.890. The number of hydrogen-bond donors (Lipinski definition) is 2. The molecule has 31 heavy (non-hydrogen) atoms. The van der Waals surface area contributed by atoms with Crippen LogP contribution in [0.25, 0.3) is 0 Å². The molecule has 0 radical (unpaired) electrons. The highest BCUT2D eigenvalue weighted by molar-refractivity contribution is 14.1. The van der Waals surface area contributed by atoms with Crippen molar-refractivity contribution in [2.45, 2.75) is 26.8 Å². The van der Waals surface area contributed by atoms with Crippen molar-refractivity contribution in [3.05, 3.63) is 56.9 Å². The van der Waals surface area contributed by atoms with Crippen molar-refractivity contribution in [1.29, 1.82) is 0 Å². The van der Waals surface area contributed by atoms with Crippen molar-refractivity contribution in [3.63, 3.8) is 0 Å². The van der Waals surface area contributed by atoms with E-state index in [-0.39, 0.29) is 11.5 Å². The van der Waals surface area contributed by atoms with Gasteiger partial charge in [0.2, 0.25) is 0 Å². The number of rotatable bonds is 9. The summed E-state index contributed by atoms with van der Waals surface area (Å²) < 4.78 is 25.6. The Kier molecular flexibility index (Phi) is 9.22. The summed E-state index contributed by atoms with van der Waals surface area (Å²) in [5.41, 5.74) is 3.01. The second-order valence-corrected chi connectivity index (χ2v) is 8.04. The molecule has 0 fully saturated rings. The third-order valence-corrected chi connectivity index (χ3v) is 5.08. The molecule has 1 unspecified atom stereocenters. The smallest absolute Gasteiger partial charge is 0.262 e. The van der Waals surface area contributed by atoms with E-state index in [4.69, 9.17) is 9.47 Å². The molecule has 7 nitrogen and oxygen atoms in total. The quantitative estimate of drug-likeness (QED) is 0.288. The van der Waals surface area contributed by atoms with Gasteiger partial charge in [0.25, 0.3) is 11.8 Å². The lowest BCUT2D eigenvalue weighted by Gasteiger charge is -2.20. The molecule has 0 aliphatic heterocycles. The van der Waals surface area contributed by atoms with Gasteiger partial charge in [0.05, 0.1) is 29.1 Å². The van der Waals surface area contributed by atoms with Crippen molar-refractivity contribution in [2.24, 2.45) is 11.0 Å². The maximum absolute atomic E-state index is 13.9. The highest BCUT2D eigenvalue weighted by Gasteiger charge is 2.25. The van der Waals surface area contributed by atoms with Gasteiger partial charge < -0.3 is 14.8 Å². The number of carbonyl (C=O) groups is 2. The molecule has 0 saturated heterocycles. The van der Waals surface area contributed by atoms with Gasteiger partial charge in [0, 0.05) is 0 Å². The number of methoxy groups -OCH3 is 1. The van der Waals surface area contributed by atoms with E-state index in [0.29, 0.717) is 23.7 Å². The van der Waals surface area contributed by atoms with Gasteiger partial charge >= 0.3 is 0 Å². The van der Waals surface area contributed by atoms with Gasteiger partial charge in [-0.3, -0.25) is 9.59 Å². The summed E-state index contributed by atoms with van der Waals surface area (Å²) in [6, 6.07) is 8.29. The van der Waals surface area contributed by atoms with E-state index in [2.05, 4.69) is 38.4 Å². The minimum Gasteiger partial charge on any atom is -0.492 e. The predicted octanol–water partition coefficient (Wildman–Crippen LogP) is 3.74. The molecule has 2 amide bonds. The molecule has 166 valence electrons. The Bertz CT molecular complexity index is 966. The molecule has 0 bridgehead atoms. The number of nitrogens with zero attached hydrogens (tertiary/aromatic N) is 1. The fraction of sp³-hybridized carbons (Fsp3) is 0.318. The first-order valence-electron chi connectivity index (χ1n) is 9.67. The van der Waals surface area contributed by atoms with Crippen LogP contribution in [0.3, 0.4) is 0 Å². The number of ether oxygens (including phenoxy) is 2. The van der Waals surface area contributed by atoms with Crippen LogP contribution in [-0.4, -0.2) is 37.8 Å². The van der Waals surface area contributed by atoms with E-state index >= 15 is 0 Å². The molecule has 9 heteroatoms. The van der Waals surface area contributed by atoms with Gasteiger partial charge in [-0.1, -0.05) is 26.0 Å². The first-order chi connectivity index (χ1) is 14.8. The van der Waals surface area contributed by atoms with E-state index in [0.717, 1.165) is 3.57 Å². The summed E-state index contributed by atoms with van der Waals surface area (Å²) in [4.78, 5) is 25.0. The zero-order chi connectivity index (χ0) is 23.0. The van der Waals surface area contributed by atoms with E-state index in [9.17, 15) is 14.0 Å². The normalized spacial score (nSPS) is 12.0. The molecule has 0 spiro atoms. The van der Waals surface area contributed by atoms with Crippen molar-refractivity contribution in [1.82, 2.24) is 10.7 Å². The van der Waals surface area contributed by atoms with E-state index in [1.165, 1.54) is 24.4 Å². The topological polar surface area (TPSA) is 89.0 Å². The molecule has 2 rings (SSSR count). The molecule has 2 N–H and O–H groups in total. The monoisotopic (exact) mass is 541 g/mol. The van der Waals surface area contributed by atoms with Crippen molar-refractivity contribution >= 4 is 40.6 Å². The summed E-state index contributed by atoms with van der Waals surface area (Å²) in [6.07, 6.45) is 1.47. The van der Waals surface area contributed by atoms with Crippen LogP contribution in [-0.2, 0) is 4.79 Å². The fourth-order valence-corrected chi connectivity index (χ4v) is 3.61. The van der Waals surface area contributed by atoms with Crippen molar-refractivity contribution < 1.29 is 23.5 Å². The summed E-state index contributed by atoms with van der Waals surface area (Å²) >= 11 is 2.12. The van der Waals surface area contributed by atoms with Gasteiger partial charge in [-0.25, -0.2) is 9.82 Å². The third-order valence-electron chi connectivity index (χ3n) is 4.28. The molecular formula is C22H25FIN3O4.